The molecule has 0 aliphatic heterocycles. The Morgan fingerprint density at radius 1 is 1.19 bits per heavy atom. The van der Waals surface area contributed by atoms with E-state index in [2.05, 4.69) is 30.4 Å². The number of aromatic nitrogens is 3. The van der Waals surface area contributed by atoms with Gasteiger partial charge in [0.15, 0.2) is 0 Å². The molecule has 0 fully saturated rings. The van der Waals surface area contributed by atoms with Gasteiger partial charge >= 0.3 is 5.97 Å². The Hall–Kier alpha value is -4.28. The highest BCUT2D eigenvalue weighted by Crippen LogP contribution is 2.24. The van der Waals surface area contributed by atoms with Crippen molar-refractivity contribution in [3.8, 4) is 11.3 Å². The maximum absolute atomic E-state index is 11.7. The van der Waals surface area contributed by atoms with E-state index in [-0.39, 0.29) is 19.8 Å². The Morgan fingerprint density at radius 3 is 2.84 bits per heavy atom. The molecular formula is C20H20N6O5. The van der Waals surface area contributed by atoms with Crippen molar-refractivity contribution in [2.75, 3.05) is 30.4 Å². The quantitative estimate of drug-likeness (QED) is 0.216. The van der Waals surface area contributed by atoms with Gasteiger partial charge in [0.2, 0.25) is 5.95 Å². The Morgan fingerprint density at radius 2 is 2.06 bits per heavy atom. The first-order valence-corrected chi connectivity index (χ1v) is 9.29. The van der Waals surface area contributed by atoms with E-state index >= 15 is 0 Å². The van der Waals surface area contributed by atoms with Crippen LogP contribution < -0.4 is 10.6 Å². The molecule has 0 saturated heterocycles. The smallest absolute Gasteiger partial charge is 0.325 e. The fraction of sp³-hybridized carbons (Fsp3) is 0.200. The Bertz CT molecular complexity index is 1050. The van der Waals surface area contributed by atoms with Crippen molar-refractivity contribution >= 4 is 23.3 Å². The number of anilines is 3. The predicted octanol–water partition coefficient (Wildman–Crippen LogP) is 2.75. The van der Waals surface area contributed by atoms with Crippen LogP contribution >= 0.6 is 0 Å². The first-order chi connectivity index (χ1) is 15.0. The van der Waals surface area contributed by atoms with Crippen molar-refractivity contribution in [1.29, 1.82) is 0 Å². The van der Waals surface area contributed by atoms with Crippen LogP contribution in [0.3, 0.4) is 0 Å². The number of aryl methyl sites for hydroxylation is 1. The van der Waals surface area contributed by atoms with Gasteiger partial charge in [-0.2, -0.15) is 0 Å². The summed E-state index contributed by atoms with van der Waals surface area (Å²) < 4.78 is 4.85. The maximum Gasteiger partial charge on any atom is 0.325 e. The topological polar surface area (TPSA) is 141 Å². The minimum absolute atomic E-state index is 0.103. The molecule has 2 aromatic heterocycles. The molecule has 0 aliphatic carbocycles. The lowest BCUT2D eigenvalue weighted by Crippen LogP contribution is -2.19. The molecule has 31 heavy (non-hydrogen) atoms. The number of nitrogens with one attached hydrogen (secondary N) is 2. The van der Waals surface area contributed by atoms with Crippen LogP contribution in [-0.4, -0.2) is 45.8 Å². The molecule has 0 radical (unpaired) electrons. The van der Waals surface area contributed by atoms with Crippen molar-refractivity contribution in [1.82, 2.24) is 15.0 Å². The third-order valence-corrected chi connectivity index (χ3v) is 4.08. The third-order valence-electron chi connectivity index (χ3n) is 4.08. The lowest BCUT2D eigenvalue weighted by atomic mass is 10.2. The van der Waals surface area contributed by atoms with Crippen molar-refractivity contribution in [3.63, 3.8) is 0 Å². The molecule has 0 atom stereocenters. The molecule has 0 bridgehead atoms. The average Bonchev–Trinajstić information content (AvgIpc) is 2.78. The first-order valence-electron chi connectivity index (χ1n) is 9.29. The number of ether oxygens (including phenoxy) is 1. The number of hydrogen-bond acceptors (Lipinski definition) is 10. The van der Waals surface area contributed by atoms with Crippen LogP contribution in [0.15, 0.2) is 55.0 Å². The van der Waals surface area contributed by atoms with E-state index in [1.165, 1.54) is 0 Å². The van der Waals surface area contributed by atoms with Gasteiger partial charge in [0, 0.05) is 35.5 Å². The number of esters is 1. The number of benzene rings is 1. The third kappa shape index (κ3) is 6.63. The SMILES string of the molecule is Cc1ccc(NCC(=O)OCCO[N+](=O)[O-])cc1Nc1nccc(-c2cccnc2)n1. The Kier molecular flexibility index (Phi) is 7.25. The molecule has 0 saturated carbocycles. The van der Waals surface area contributed by atoms with Gasteiger partial charge in [-0.25, -0.2) is 9.97 Å². The summed E-state index contributed by atoms with van der Waals surface area (Å²) in [6, 6.07) is 11.1. The van der Waals surface area contributed by atoms with Crippen LogP contribution in [-0.2, 0) is 14.4 Å². The molecule has 2 heterocycles. The molecule has 3 aromatic rings. The van der Waals surface area contributed by atoms with Gasteiger partial charge < -0.3 is 20.2 Å². The van der Waals surface area contributed by atoms with E-state index in [9.17, 15) is 14.9 Å². The molecule has 11 nitrogen and oxygen atoms in total. The minimum atomic E-state index is -0.941. The van der Waals surface area contributed by atoms with Gasteiger partial charge in [-0.15, -0.1) is 10.1 Å². The molecule has 11 heteroatoms. The van der Waals surface area contributed by atoms with Crippen LogP contribution in [0.4, 0.5) is 17.3 Å². The van der Waals surface area contributed by atoms with E-state index in [1.807, 2.05) is 37.3 Å². The summed E-state index contributed by atoms with van der Waals surface area (Å²) in [6.07, 6.45) is 5.08. The fourth-order valence-corrected chi connectivity index (χ4v) is 2.57. The van der Waals surface area contributed by atoms with Crippen molar-refractivity contribution < 1.29 is 19.5 Å². The fourth-order valence-electron chi connectivity index (χ4n) is 2.57. The van der Waals surface area contributed by atoms with Gasteiger partial charge in [0.25, 0.3) is 5.09 Å². The van der Waals surface area contributed by atoms with Crippen molar-refractivity contribution in [2.24, 2.45) is 0 Å². The predicted molar refractivity (Wildman–Crippen MR) is 112 cm³/mol. The summed E-state index contributed by atoms with van der Waals surface area (Å²) >= 11 is 0. The molecule has 0 amide bonds. The monoisotopic (exact) mass is 424 g/mol. The normalized spacial score (nSPS) is 10.2. The molecule has 2 N–H and O–H groups in total. The number of carbonyl (C=O) groups excluding carboxylic acids is 1. The Labute approximate surface area is 177 Å². The molecular weight excluding hydrogens is 404 g/mol. The minimum Gasteiger partial charge on any atom is -0.462 e. The van der Waals surface area contributed by atoms with Gasteiger partial charge in [-0.1, -0.05) is 6.07 Å². The molecule has 0 aliphatic rings. The Balaban J connectivity index is 1.60. The van der Waals surface area contributed by atoms with E-state index < -0.39 is 11.1 Å². The summed E-state index contributed by atoms with van der Waals surface area (Å²) in [7, 11) is 0. The highest BCUT2D eigenvalue weighted by molar-refractivity contribution is 5.76. The number of carbonyl (C=O) groups is 1. The van der Waals surface area contributed by atoms with Crippen LogP contribution in [0.25, 0.3) is 11.3 Å². The summed E-state index contributed by atoms with van der Waals surface area (Å²) in [4.78, 5) is 38.7. The van der Waals surface area contributed by atoms with Crippen molar-refractivity contribution in [3.05, 3.63) is 70.7 Å². The second kappa shape index (κ2) is 10.5. The zero-order valence-electron chi connectivity index (χ0n) is 16.6. The number of nitrogens with zero attached hydrogens (tertiary/aromatic N) is 4. The highest BCUT2D eigenvalue weighted by atomic mass is 17.0. The standard InChI is InChI=1S/C20H20N6O5/c1-14-4-5-16(23-13-19(27)30-9-10-31-26(28)29)11-18(14)25-20-22-8-6-17(24-20)15-3-2-7-21-12-15/h2-8,11-12,23H,9-10,13H2,1H3,(H,22,24,25). The maximum atomic E-state index is 11.7. The zero-order valence-corrected chi connectivity index (χ0v) is 16.6. The molecule has 0 spiro atoms. The molecule has 3 rings (SSSR count). The highest BCUT2D eigenvalue weighted by Gasteiger charge is 2.08. The molecule has 1 aromatic carbocycles. The van der Waals surface area contributed by atoms with E-state index in [1.54, 1.807) is 24.7 Å². The van der Waals surface area contributed by atoms with Crippen LogP contribution in [0.5, 0.6) is 0 Å². The van der Waals surface area contributed by atoms with Gasteiger partial charge in [-0.3, -0.25) is 9.78 Å². The number of pyridine rings is 1. The number of rotatable bonds is 10. The molecule has 160 valence electrons. The van der Waals surface area contributed by atoms with Crippen molar-refractivity contribution in [2.45, 2.75) is 6.92 Å². The summed E-state index contributed by atoms with van der Waals surface area (Å²) in [5.74, 6) is -0.138. The summed E-state index contributed by atoms with van der Waals surface area (Å²) in [5.41, 5.74) is 4.01. The van der Waals surface area contributed by atoms with Gasteiger partial charge in [0.1, 0.15) is 19.8 Å². The van der Waals surface area contributed by atoms with Gasteiger partial charge in [0.05, 0.1) is 5.69 Å². The van der Waals surface area contributed by atoms with E-state index in [0.29, 0.717) is 11.6 Å². The first kappa shape index (κ1) is 21.4. The summed E-state index contributed by atoms with van der Waals surface area (Å²) in [6.45, 7) is 1.32. The lowest BCUT2D eigenvalue weighted by molar-refractivity contribution is -0.757. The van der Waals surface area contributed by atoms with Gasteiger partial charge in [-0.05, 0) is 42.8 Å². The molecule has 0 unspecified atom stereocenters. The van der Waals surface area contributed by atoms with Crippen LogP contribution in [0.2, 0.25) is 0 Å². The second-order valence-corrected chi connectivity index (χ2v) is 6.29. The largest absolute Gasteiger partial charge is 0.462 e. The number of hydrogen-bond donors (Lipinski definition) is 2. The van der Waals surface area contributed by atoms with Crippen LogP contribution in [0.1, 0.15) is 5.56 Å². The lowest BCUT2D eigenvalue weighted by Gasteiger charge is -2.12. The second-order valence-electron chi connectivity index (χ2n) is 6.29. The van der Waals surface area contributed by atoms with E-state index in [0.717, 1.165) is 22.5 Å². The zero-order chi connectivity index (χ0) is 22.1. The average molecular weight is 424 g/mol. The van der Waals surface area contributed by atoms with Crippen LogP contribution in [0, 0.1) is 17.0 Å². The van der Waals surface area contributed by atoms with E-state index in [4.69, 9.17) is 4.74 Å². The summed E-state index contributed by atoms with van der Waals surface area (Å²) in [5, 5.41) is 15.2.